The van der Waals surface area contributed by atoms with E-state index in [1.807, 2.05) is 0 Å². The lowest BCUT2D eigenvalue weighted by atomic mass is 9.92. The Bertz CT molecular complexity index is 147. The van der Waals surface area contributed by atoms with Crippen molar-refractivity contribution in [2.45, 2.75) is 18.4 Å². The lowest BCUT2D eigenvalue weighted by Crippen LogP contribution is -2.44. The van der Waals surface area contributed by atoms with Crippen LogP contribution in [0.4, 0.5) is 0 Å². The Hall–Kier alpha value is -0.340. The monoisotopic (exact) mass is 139 g/mol. The molecule has 56 valence electrons. The maximum absolute atomic E-state index is 5.28. The van der Waals surface area contributed by atoms with Gasteiger partial charge in [-0.15, -0.1) is 0 Å². The summed E-state index contributed by atoms with van der Waals surface area (Å²) in [6, 6.07) is 0. The summed E-state index contributed by atoms with van der Waals surface area (Å²) < 4.78 is 5.28. The molecule has 0 aromatic rings. The van der Waals surface area contributed by atoms with Gasteiger partial charge < -0.3 is 10.1 Å². The van der Waals surface area contributed by atoms with Crippen LogP contribution < -0.4 is 5.32 Å². The lowest BCUT2D eigenvalue weighted by molar-refractivity contribution is 0.0594. The van der Waals surface area contributed by atoms with E-state index in [0.717, 1.165) is 32.6 Å². The normalized spacial score (nSPS) is 29.6. The van der Waals surface area contributed by atoms with Crippen molar-refractivity contribution in [1.29, 1.82) is 0 Å². The number of ether oxygens (including phenoxy) is 1. The van der Waals surface area contributed by atoms with Crippen LogP contribution in [0, 0.1) is 0 Å². The molecular formula is C8H13NO. The van der Waals surface area contributed by atoms with E-state index < -0.39 is 0 Å². The Balaban J connectivity index is 2.05. The Morgan fingerprint density at radius 1 is 1.30 bits per heavy atom. The quantitative estimate of drug-likeness (QED) is 0.499. The molecule has 2 heterocycles. The number of hydrogen-bond donors (Lipinski definition) is 1. The Kier molecular flexibility index (Phi) is 1.51. The van der Waals surface area contributed by atoms with Gasteiger partial charge in [0.2, 0.25) is 0 Å². The van der Waals surface area contributed by atoms with Gasteiger partial charge in [0.05, 0.1) is 0 Å². The maximum atomic E-state index is 5.28. The fraction of sp³-hybridized carbons (Fsp3) is 0.750. The Morgan fingerprint density at radius 2 is 2.10 bits per heavy atom. The molecule has 2 rings (SSSR count). The van der Waals surface area contributed by atoms with E-state index in [-0.39, 0.29) is 0 Å². The third kappa shape index (κ3) is 0.976. The molecule has 0 aliphatic carbocycles. The minimum atomic E-state index is 0.318. The maximum Gasteiger partial charge on any atom is 0.0486 e. The molecule has 0 aromatic carbocycles. The molecule has 0 bridgehead atoms. The molecule has 2 aliphatic rings. The van der Waals surface area contributed by atoms with E-state index in [1.165, 1.54) is 0 Å². The number of hydrogen-bond acceptors (Lipinski definition) is 2. The van der Waals surface area contributed by atoms with Crippen LogP contribution in [-0.2, 0) is 4.74 Å². The molecule has 0 radical (unpaired) electrons. The van der Waals surface area contributed by atoms with Gasteiger partial charge in [-0.05, 0) is 12.8 Å². The number of nitrogens with one attached hydrogen (secondary N) is 1. The van der Waals surface area contributed by atoms with E-state index in [2.05, 4.69) is 17.5 Å². The van der Waals surface area contributed by atoms with Crippen LogP contribution in [0.3, 0.4) is 0 Å². The largest absolute Gasteiger partial charge is 0.381 e. The fourth-order valence-corrected chi connectivity index (χ4v) is 1.68. The van der Waals surface area contributed by atoms with Gasteiger partial charge in [-0.1, -0.05) is 12.2 Å². The molecule has 0 amide bonds. The molecule has 2 nitrogen and oxygen atoms in total. The summed E-state index contributed by atoms with van der Waals surface area (Å²) >= 11 is 0. The van der Waals surface area contributed by atoms with Crippen LogP contribution in [0.5, 0.6) is 0 Å². The molecule has 10 heavy (non-hydrogen) atoms. The van der Waals surface area contributed by atoms with Crippen LogP contribution in [0.15, 0.2) is 12.2 Å². The molecular weight excluding hydrogens is 126 g/mol. The second-order valence-corrected chi connectivity index (χ2v) is 3.05. The third-order valence-electron chi connectivity index (χ3n) is 2.39. The van der Waals surface area contributed by atoms with Gasteiger partial charge in [0.15, 0.2) is 0 Å². The van der Waals surface area contributed by atoms with Gasteiger partial charge in [0, 0.05) is 25.3 Å². The van der Waals surface area contributed by atoms with Crippen molar-refractivity contribution in [1.82, 2.24) is 5.32 Å². The predicted octanol–water partition coefficient (Wildman–Crippen LogP) is 0.695. The van der Waals surface area contributed by atoms with Crippen molar-refractivity contribution in [3.8, 4) is 0 Å². The van der Waals surface area contributed by atoms with Crippen LogP contribution in [-0.4, -0.2) is 25.3 Å². The third-order valence-corrected chi connectivity index (χ3v) is 2.39. The average Bonchev–Trinajstić information content (AvgIpc) is 2.39. The van der Waals surface area contributed by atoms with Gasteiger partial charge in [0.1, 0.15) is 0 Å². The van der Waals surface area contributed by atoms with Gasteiger partial charge in [-0.3, -0.25) is 0 Å². The summed E-state index contributed by atoms with van der Waals surface area (Å²) in [5.74, 6) is 0. The molecule has 1 spiro atoms. The molecule has 1 fully saturated rings. The van der Waals surface area contributed by atoms with Crippen molar-refractivity contribution < 1.29 is 4.74 Å². The first kappa shape index (κ1) is 6.38. The highest BCUT2D eigenvalue weighted by Gasteiger charge is 2.30. The van der Waals surface area contributed by atoms with Crippen molar-refractivity contribution in [3.63, 3.8) is 0 Å². The van der Waals surface area contributed by atoms with E-state index in [4.69, 9.17) is 4.74 Å². The van der Waals surface area contributed by atoms with Gasteiger partial charge in [-0.2, -0.15) is 0 Å². The smallest absolute Gasteiger partial charge is 0.0486 e. The van der Waals surface area contributed by atoms with Crippen molar-refractivity contribution >= 4 is 0 Å². The van der Waals surface area contributed by atoms with Gasteiger partial charge in [-0.25, -0.2) is 0 Å². The molecule has 1 N–H and O–H groups in total. The molecule has 1 saturated heterocycles. The van der Waals surface area contributed by atoms with Crippen LogP contribution in [0.2, 0.25) is 0 Å². The first-order valence-electron chi connectivity index (χ1n) is 3.92. The first-order chi connectivity index (χ1) is 4.91. The van der Waals surface area contributed by atoms with E-state index in [9.17, 15) is 0 Å². The second kappa shape index (κ2) is 2.36. The first-order valence-corrected chi connectivity index (χ1v) is 3.92. The Morgan fingerprint density at radius 3 is 2.70 bits per heavy atom. The van der Waals surface area contributed by atoms with Crippen molar-refractivity contribution in [3.05, 3.63) is 12.2 Å². The molecule has 2 heteroatoms. The summed E-state index contributed by atoms with van der Waals surface area (Å²) in [6.45, 7) is 2.87. The summed E-state index contributed by atoms with van der Waals surface area (Å²) in [7, 11) is 0. The van der Waals surface area contributed by atoms with Gasteiger partial charge in [0.25, 0.3) is 0 Å². The second-order valence-electron chi connectivity index (χ2n) is 3.05. The average molecular weight is 139 g/mol. The van der Waals surface area contributed by atoms with Crippen LogP contribution >= 0.6 is 0 Å². The van der Waals surface area contributed by atoms with E-state index in [0.29, 0.717) is 5.54 Å². The van der Waals surface area contributed by atoms with Crippen molar-refractivity contribution in [2.75, 3.05) is 19.8 Å². The highest BCUT2D eigenvalue weighted by molar-refractivity contribution is 5.14. The minimum absolute atomic E-state index is 0.318. The zero-order valence-electron chi connectivity index (χ0n) is 6.10. The molecule has 0 saturated carbocycles. The summed E-state index contributed by atoms with van der Waals surface area (Å²) in [5.41, 5.74) is 0.318. The molecule has 0 aromatic heterocycles. The van der Waals surface area contributed by atoms with Crippen molar-refractivity contribution in [2.24, 2.45) is 0 Å². The standard InChI is InChI=1S/C8H13NO/c1-2-8(9-5-1)3-6-10-7-4-8/h1-2,9H,3-7H2. The predicted molar refractivity (Wildman–Crippen MR) is 39.9 cm³/mol. The molecule has 2 aliphatic heterocycles. The highest BCUT2D eigenvalue weighted by atomic mass is 16.5. The zero-order chi connectivity index (χ0) is 6.86. The Labute approximate surface area is 61.3 Å². The summed E-state index contributed by atoms with van der Waals surface area (Å²) in [5, 5.41) is 3.48. The zero-order valence-corrected chi connectivity index (χ0v) is 6.10. The summed E-state index contributed by atoms with van der Waals surface area (Å²) in [4.78, 5) is 0. The molecule has 0 unspecified atom stereocenters. The van der Waals surface area contributed by atoms with Gasteiger partial charge >= 0.3 is 0 Å². The van der Waals surface area contributed by atoms with E-state index >= 15 is 0 Å². The number of rotatable bonds is 0. The SMILES string of the molecule is C1=CC2(CCOCC2)NC1. The topological polar surface area (TPSA) is 21.3 Å². The lowest BCUT2D eigenvalue weighted by Gasteiger charge is -2.32. The minimum Gasteiger partial charge on any atom is -0.381 e. The highest BCUT2D eigenvalue weighted by Crippen LogP contribution is 2.24. The van der Waals surface area contributed by atoms with Crippen LogP contribution in [0.1, 0.15) is 12.8 Å². The summed E-state index contributed by atoms with van der Waals surface area (Å²) in [6.07, 6.45) is 6.80. The van der Waals surface area contributed by atoms with E-state index in [1.54, 1.807) is 0 Å². The molecule has 0 atom stereocenters. The fourth-order valence-electron chi connectivity index (χ4n) is 1.68. The van der Waals surface area contributed by atoms with Crippen LogP contribution in [0.25, 0.3) is 0 Å².